The van der Waals surface area contributed by atoms with Crippen LogP contribution in [0.25, 0.3) is 0 Å². The van der Waals surface area contributed by atoms with Gasteiger partial charge in [0.2, 0.25) is 0 Å². The second-order valence-corrected chi connectivity index (χ2v) is 4.37. The predicted molar refractivity (Wildman–Crippen MR) is 54.3 cm³/mol. The minimum Gasteiger partial charge on any atom is -0.379 e. The predicted octanol–water partition coefficient (Wildman–Crippen LogP) is 3.13. The molecule has 0 saturated carbocycles. The van der Waals surface area contributed by atoms with E-state index in [-0.39, 0.29) is 5.41 Å². The van der Waals surface area contributed by atoms with Gasteiger partial charge in [-0.05, 0) is 47.0 Å². The average Bonchev–Trinajstić information content (AvgIpc) is 2.03. The zero-order valence-electron chi connectivity index (χ0n) is 9.26. The van der Waals surface area contributed by atoms with E-state index in [1.165, 1.54) is 0 Å². The van der Waals surface area contributed by atoms with Gasteiger partial charge in [0.1, 0.15) is 0 Å². The van der Waals surface area contributed by atoms with Crippen LogP contribution in [0.4, 0.5) is 0 Å². The fourth-order valence-corrected chi connectivity index (χ4v) is 1.04. The highest BCUT2D eigenvalue weighted by Crippen LogP contribution is 2.21. The zero-order valence-corrected chi connectivity index (χ0v) is 9.26. The molecule has 2 heteroatoms. The third-order valence-electron chi connectivity index (χ3n) is 1.95. The van der Waals surface area contributed by atoms with Gasteiger partial charge in [-0.25, -0.2) is 0 Å². The van der Waals surface area contributed by atoms with Gasteiger partial charge in [0.25, 0.3) is 0 Å². The Morgan fingerprint density at radius 3 is 2.38 bits per heavy atom. The van der Waals surface area contributed by atoms with Crippen molar-refractivity contribution >= 4 is 0 Å². The molecule has 0 rings (SSSR count). The molecular weight excluding hydrogens is 162 g/mol. The van der Waals surface area contributed by atoms with E-state index in [1.807, 2.05) is 27.7 Å². The van der Waals surface area contributed by atoms with Crippen molar-refractivity contribution in [3.8, 4) is 6.07 Å². The molecule has 0 bridgehead atoms. The van der Waals surface area contributed by atoms with E-state index in [2.05, 4.69) is 6.07 Å². The van der Waals surface area contributed by atoms with E-state index in [9.17, 15) is 0 Å². The monoisotopic (exact) mass is 183 g/mol. The normalized spacial score (nSPS) is 11.7. The van der Waals surface area contributed by atoms with E-state index in [4.69, 9.17) is 10.00 Å². The average molecular weight is 183 g/mol. The van der Waals surface area contributed by atoms with Gasteiger partial charge < -0.3 is 4.74 Å². The molecule has 0 N–H and O–H groups in total. The van der Waals surface area contributed by atoms with E-state index < -0.39 is 0 Å². The summed E-state index contributed by atoms with van der Waals surface area (Å²) in [6, 6.07) is 2.30. The second kappa shape index (κ2) is 5.99. The minimum atomic E-state index is -0.169. The summed E-state index contributed by atoms with van der Waals surface area (Å²) in [7, 11) is 0. The summed E-state index contributed by atoms with van der Waals surface area (Å²) in [4.78, 5) is 0. The van der Waals surface area contributed by atoms with Crippen molar-refractivity contribution in [3.63, 3.8) is 0 Å². The highest BCUT2D eigenvalue weighted by atomic mass is 16.5. The van der Waals surface area contributed by atoms with Crippen LogP contribution in [-0.2, 0) is 4.74 Å². The third-order valence-corrected chi connectivity index (χ3v) is 1.95. The van der Waals surface area contributed by atoms with Gasteiger partial charge >= 0.3 is 0 Å². The van der Waals surface area contributed by atoms with Crippen molar-refractivity contribution in [1.29, 1.82) is 5.26 Å². The molecule has 0 fully saturated rings. The fourth-order valence-electron chi connectivity index (χ4n) is 1.04. The number of hydrogen-bond donors (Lipinski definition) is 0. The number of nitriles is 1. The summed E-state index contributed by atoms with van der Waals surface area (Å²) in [6.45, 7) is 8.87. The Hall–Kier alpha value is -0.550. The smallest absolute Gasteiger partial charge is 0.0683 e. The first-order chi connectivity index (χ1) is 5.98. The van der Waals surface area contributed by atoms with Crippen LogP contribution in [0.5, 0.6) is 0 Å². The van der Waals surface area contributed by atoms with E-state index in [0.717, 1.165) is 25.9 Å². The molecule has 0 spiro atoms. The van der Waals surface area contributed by atoms with Gasteiger partial charge in [0, 0.05) is 6.61 Å². The molecule has 0 atom stereocenters. The molecule has 0 aliphatic carbocycles. The molecule has 13 heavy (non-hydrogen) atoms. The Morgan fingerprint density at radius 1 is 1.31 bits per heavy atom. The first-order valence-corrected chi connectivity index (χ1v) is 5.01. The highest BCUT2D eigenvalue weighted by Gasteiger charge is 2.15. The lowest BCUT2D eigenvalue weighted by Gasteiger charge is -2.14. The number of ether oxygens (including phenoxy) is 1. The summed E-state index contributed by atoms with van der Waals surface area (Å²) in [6.07, 6.45) is 3.42. The molecule has 0 aromatic rings. The Balaban J connectivity index is 3.32. The largest absolute Gasteiger partial charge is 0.379 e. The van der Waals surface area contributed by atoms with Gasteiger partial charge in [-0.15, -0.1) is 0 Å². The standard InChI is InChI=1S/C11H21NO/c1-10(2)13-8-6-5-7-11(3,4)9-12/h10H,5-8H2,1-4H3. The zero-order chi connectivity index (χ0) is 10.3. The molecule has 0 radical (unpaired) electrons. The van der Waals surface area contributed by atoms with Crippen LogP contribution < -0.4 is 0 Å². The van der Waals surface area contributed by atoms with Crippen LogP contribution >= 0.6 is 0 Å². The molecule has 0 aromatic carbocycles. The summed E-state index contributed by atoms with van der Waals surface area (Å²) < 4.78 is 5.41. The van der Waals surface area contributed by atoms with Crippen molar-refractivity contribution in [1.82, 2.24) is 0 Å². The van der Waals surface area contributed by atoms with Crippen LogP contribution in [0.1, 0.15) is 47.0 Å². The summed E-state index contributed by atoms with van der Waals surface area (Å²) in [5.74, 6) is 0. The number of unbranched alkanes of at least 4 members (excludes halogenated alkanes) is 1. The molecule has 2 nitrogen and oxygen atoms in total. The first kappa shape index (κ1) is 12.4. The van der Waals surface area contributed by atoms with E-state index in [0.29, 0.717) is 6.10 Å². The minimum absolute atomic E-state index is 0.169. The molecule has 0 aliphatic rings. The van der Waals surface area contributed by atoms with Gasteiger partial charge in [-0.2, -0.15) is 5.26 Å². The summed E-state index contributed by atoms with van der Waals surface area (Å²) in [5, 5.41) is 8.76. The topological polar surface area (TPSA) is 33.0 Å². The quantitative estimate of drug-likeness (QED) is 0.593. The molecular formula is C11H21NO. The maximum absolute atomic E-state index is 8.76. The molecule has 0 aliphatic heterocycles. The van der Waals surface area contributed by atoms with Gasteiger partial charge in [0.15, 0.2) is 0 Å². The van der Waals surface area contributed by atoms with Crippen molar-refractivity contribution in [2.24, 2.45) is 5.41 Å². The molecule has 0 saturated heterocycles. The van der Waals surface area contributed by atoms with Crippen LogP contribution in [0.15, 0.2) is 0 Å². The van der Waals surface area contributed by atoms with Crippen LogP contribution in [0, 0.1) is 16.7 Å². The molecule has 76 valence electrons. The molecule has 0 amide bonds. The Kier molecular flexibility index (Phi) is 5.73. The third kappa shape index (κ3) is 7.80. The van der Waals surface area contributed by atoms with Crippen LogP contribution in [0.3, 0.4) is 0 Å². The van der Waals surface area contributed by atoms with Crippen LogP contribution in [-0.4, -0.2) is 12.7 Å². The maximum Gasteiger partial charge on any atom is 0.0683 e. The maximum atomic E-state index is 8.76. The molecule has 0 aromatic heterocycles. The number of nitrogens with zero attached hydrogens (tertiary/aromatic N) is 1. The number of hydrogen-bond acceptors (Lipinski definition) is 2. The Labute approximate surface area is 81.9 Å². The van der Waals surface area contributed by atoms with Gasteiger partial charge in [0.05, 0.1) is 17.6 Å². The first-order valence-electron chi connectivity index (χ1n) is 5.01. The highest BCUT2D eigenvalue weighted by molar-refractivity contribution is 4.91. The summed E-state index contributed by atoms with van der Waals surface area (Å²) in [5.41, 5.74) is -0.169. The second-order valence-electron chi connectivity index (χ2n) is 4.37. The van der Waals surface area contributed by atoms with Gasteiger partial charge in [-0.1, -0.05) is 0 Å². The lowest BCUT2D eigenvalue weighted by molar-refractivity contribution is 0.0748. The number of rotatable bonds is 6. The lowest BCUT2D eigenvalue weighted by Crippen LogP contribution is -2.09. The Morgan fingerprint density at radius 2 is 1.92 bits per heavy atom. The van der Waals surface area contributed by atoms with E-state index >= 15 is 0 Å². The van der Waals surface area contributed by atoms with Crippen LogP contribution in [0.2, 0.25) is 0 Å². The van der Waals surface area contributed by atoms with E-state index in [1.54, 1.807) is 0 Å². The summed E-state index contributed by atoms with van der Waals surface area (Å²) >= 11 is 0. The van der Waals surface area contributed by atoms with Gasteiger partial charge in [-0.3, -0.25) is 0 Å². The van der Waals surface area contributed by atoms with Crippen molar-refractivity contribution in [2.75, 3.05) is 6.61 Å². The fraction of sp³-hybridized carbons (Fsp3) is 0.909. The Bertz CT molecular complexity index is 167. The molecule has 0 unspecified atom stereocenters. The lowest BCUT2D eigenvalue weighted by atomic mass is 9.89. The molecule has 0 heterocycles. The van der Waals surface area contributed by atoms with Crippen molar-refractivity contribution in [2.45, 2.75) is 53.1 Å². The van der Waals surface area contributed by atoms with Crippen molar-refractivity contribution < 1.29 is 4.74 Å². The SMILES string of the molecule is CC(C)OCCCCC(C)(C)C#N. The van der Waals surface area contributed by atoms with Crippen molar-refractivity contribution in [3.05, 3.63) is 0 Å².